The van der Waals surface area contributed by atoms with Crippen molar-refractivity contribution in [2.75, 3.05) is 13.1 Å². The van der Waals surface area contributed by atoms with Crippen molar-refractivity contribution in [3.05, 3.63) is 29.8 Å². The van der Waals surface area contributed by atoms with Crippen LogP contribution in [0.1, 0.15) is 12.8 Å². The molecule has 1 aromatic rings. The van der Waals surface area contributed by atoms with Crippen molar-refractivity contribution in [3.63, 3.8) is 0 Å². The van der Waals surface area contributed by atoms with Gasteiger partial charge in [0, 0.05) is 25.2 Å². The minimum absolute atomic E-state index is 0.166. The molecule has 0 radical (unpaired) electrons. The number of piperidine rings is 1. The van der Waals surface area contributed by atoms with Crippen molar-refractivity contribution >= 4 is 10.0 Å². The summed E-state index contributed by atoms with van der Waals surface area (Å²) in [5.41, 5.74) is 5.70. The topological polar surface area (TPSA) is 63.4 Å². The fourth-order valence-corrected chi connectivity index (χ4v) is 3.60. The fourth-order valence-electron chi connectivity index (χ4n) is 2.02. The molecule has 100 valence electrons. The average Bonchev–Trinajstić information content (AvgIpc) is 2.28. The van der Waals surface area contributed by atoms with E-state index in [0.29, 0.717) is 19.0 Å². The molecule has 18 heavy (non-hydrogen) atoms. The Balaban J connectivity index is 2.35. The van der Waals surface area contributed by atoms with Crippen LogP contribution in [0.15, 0.2) is 23.1 Å². The third-order valence-corrected chi connectivity index (χ3v) is 4.83. The highest BCUT2D eigenvalue weighted by atomic mass is 32.2. The molecule has 0 spiro atoms. The summed E-state index contributed by atoms with van der Waals surface area (Å²) in [6.45, 7) is 0.478. The summed E-state index contributed by atoms with van der Waals surface area (Å²) in [7, 11) is -3.93. The van der Waals surface area contributed by atoms with E-state index in [1.165, 1.54) is 0 Å². The van der Waals surface area contributed by atoms with Crippen LogP contribution in [-0.2, 0) is 10.0 Å². The van der Waals surface area contributed by atoms with Crippen LogP contribution in [0.25, 0.3) is 0 Å². The van der Waals surface area contributed by atoms with Gasteiger partial charge in [-0.25, -0.2) is 17.2 Å². The van der Waals surface area contributed by atoms with Gasteiger partial charge in [-0.15, -0.1) is 0 Å². The van der Waals surface area contributed by atoms with E-state index in [0.717, 1.165) is 22.9 Å². The summed E-state index contributed by atoms with van der Waals surface area (Å²) in [5, 5.41) is 0. The molecule has 1 aromatic carbocycles. The molecule has 2 rings (SSSR count). The number of nitrogens with two attached hydrogens (primary N) is 1. The quantitative estimate of drug-likeness (QED) is 0.879. The first-order valence-corrected chi connectivity index (χ1v) is 7.06. The molecule has 0 unspecified atom stereocenters. The minimum atomic E-state index is -3.93. The van der Waals surface area contributed by atoms with Gasteiger partial charge in [-0.05, 0) is 25.0 Å². The van der Waals surface area contributed by atoms with Gasteiger partial charge in [0.15, 0.2) is 0 Å². The Hall–Kier alpha value is -1.05. The maximum Gasteiger partial charge on any atom is 0.246 e. The molecule has 1 saturated heterocycles. The van der Waals surface area contributed by atoms with Crippen LogP contribution in [0, 0.1) is 11.6 Å². The van der Waals surface area contributed by atoms with Gasteiger partial charge in [0.25, 0.3) is 0 Å². The van der Waals surface area contributed by atoms with E-state index in [2.05, 4.69) is 0 Å². The highest BCUT2D eigenvalue weighted by Gasteiger charge is 2.30. The van der Waals surface area contributed by atoms with E-state index >= 15 is 0 Å². The van der Waals surface area contributed by atoms with E-state index in [1.54, 1.807) is 0 Å². The third-order valence-electron chi connectivity index (χ3n) is 2.93. The highest BCUT2D eigenvalue weighted by molar-refractivity contribution is 7.89. The van der Waals surface area contributed by atoms with Gasteiger partial charge in [-0.3, -0.25) is 0 Å². The lowest BCUT2D eigenvalue weighted by Gasteiger charge is -2.29. The van der Waals surface area contributed by atoms with Crippen LogP contribution in [0.2, 0.25) is 0 Å². The van der Waals surface area contributed by atoms with Gasteiger partial charge in [0.2, 0.25) is 10.0 Å². The van der Waals surface area contributed by atoms with Crippen molar-refractivity contribution in [1.29, 1.82) is 0 Å². The summed E-state index contributed by atoms with van der Waals surface area (Å²) in [6.07, 6.45) is 1.39. The Morgan fingerprint density at radius 2 is 2.06 bits per heavy atom. The molecule has 1 aliphatic heterocycles. The Morgan fingerprint density at radius 3 is 2.67 bits per heavy atom. The number of nitrogens with zero attached hydrogens (tertiary/aromatic N) is 1. The van der Waals surface area contributed by atoms with Crippen LogP contribution < -0.4 is 5.73 Å². The summed E-state index contributed by atoms with van der Waals surface area (Å²) in [5.74, 6) is -1.88. The second-order valence-electron chi connectivity index (χ2n) is 4.34. The summed E-state index contributed by atoms with van der Waals surface area (Å²) >= 11 is 0. The van der Waals surface area contributed by atoms with Gasteiger partial charge in [0.05, 0.1) is 0 Å². The minimum Gasteiger partial charge on any atom is -0.327 e. The van der Waals surface area contributed by atoms with Crippen molar-refractivity contribution < 1.29 is 17.2 Å². The van der Waals surface area contributed by atoms with Crippen LogP contribution in [-0.4, -0.2) is 31.9 Å². The molecular formula is C11H14F2N2O2S. The zero-order chi connectivity index (χ0) is 13.3. The van der Waals surface area contributed by atoms with Crippen LogP contribution >= 0.6 is 0 Å². The second-order valence-corrected chi connectivity index (χ2v) is 6.25. The first-order chi connectivity index (χ1) is 8.41. The molecule has 0 aliphatic carbocycles. The van der Waals surface area contributed by atoms with E-state index in [1.807, 2.05) is 0 Å². The maximum absolute atomic E-state index is 13.5. The van der Waals surface area contributed by atoms with E-state index in [4.69, 9.17) is 5.73 Å². The number of hydrogen-bond acceptors (Lipinski definition) is 3. The third kappa shape index (κ3) is 2.52. The van der Waals surface area contributed by atoms with Gasteiger partial charge in [-0.1, -0.05) is 0 Å². The summed E-state index contributed by atoms with van der Waals surface area (Å²) < 4.78 is 51.8. The van der Waals surface area contributed by atoms with Crippen LogP contribution in [0.4, 0.5) is 8.78 Å². The first-order valence-electron chi connectivity index (χ1n) is 5.62. The molecule has 0 aromatic heterocycles. The lowest BCUT2D eigenvalue weighted by Crippen LogP contribution is -2.45. The predicted molar refractivity (Wildman–Crippen MR) is 62.3 cm³/mol. The van der Waals surface area contributed by atoms with Crippen LogP contribution in [0.5, 0.6) is 0 Å². The Morgan fingerprint density at radius 1 is 1.33 bits per heavy atom. The lowest BCUT2D eigenvalue weighted by molar-refractivity contribution is 0.315. The number of rotatable bonds is 2. The number of halogens is 2. The largest absolute Gasteiger partial charge is 0.327 e. The number of sulfonamides is 1. The SMILES string of the molecule is N[C@@H]1CCCN(S(=O)(=O)c2ccc(F)cc2F)C1. The first kappa shape index (κ1) is 13.4. The Labute approximate surface area is 104 Å². The zero-order valence-corrected chi connectivity index (χ0v) is 10.5. The maximum atomic E-state index is 13.5. The van der Waals surface area contributed by atoms with Gasteiger partial charge < -0.3 is 5.73 Å². The lowest BCUT2D eigenvalue weighted by atomic mass is 10.1. The smallest absolute Gasteiger partial charge is 0.246 e. The molecule has 7 heteroatoms. The summed E-state index contributed by atoms with van der Waals surface area (Å²) in [6, 6.07) is 2.20. The molecule has 0 bridgehead atoms. The van der Waals surface area contributed by atoms with Crippen molar-refractivity contribution in [2.24, 2.45) is 5.73 Å². The molecule has 4 nitrogen and oxygen atoms in total. The summed E-state index contributed by atoms with van der Waals surface area (Å²) in [4.78, 5) is -0.502. The van der Waals surface area contributed by atoms with Gasteiger partial charge in [0.1, 0.15) is 16.5 Å². The second kappa shape index (κ2) is 4.91. The number of hydrogen-bond donors (Lipinski definition) is 1. The van der Waals surface area contributed by atoms with Crippen molar-refractivity contribution in [3.8, 4) is 0 Å². The van der Waals surface area contributed by atoms with Crippen LogP contribution in [0.3, 0.4) is 0 Å². The molecule has 0 saturated carbocycles. The Bertz CT molecular complexity index is 548. The predicted octanol–water partition coefficient (Wildman–Crippen LogP) is 1.08. The number of benzene rings is 1. The van der Waals surface area contributed by atoms with E-state index in [9.17, 15) is 17.2 Å². The monoisotopic (exact) mass is 276 g/mol. The zero-order valence-electron chi connectivity index (χ0n) is 9.64. The standard InChI is InChI=1S/C11H14F2N2O2S/c12-8-3-4-11(10(13)6-8)18(16,17)15-5-1-2-9(14)7-15/h3-4,6,9H,1-2,5,7,14H2/t9-/m1/s1. The van der Waals surface area contributed by atoms with Crippen molar-refractivity contribution in [1.82, 2.24) is 4.31 Å². The molecular weight excluding hydrogens is 262 g/mol. The van der Waals surface area contributed by atoms with E-state index in [-0.39, 0.29) is 12.6 Å². The molecule has 2 N–H and O–H groups in total. The Kier molecular flexibility index (Phi) is 3.65. The normalized spacial score (nSPS) is 22.1. The van der Waals surface area contributed by atoms with Gasteiger partial charge in [-0.2, -0.15) is 4.31 Å². The average molecular weight is 276 g/mol. The molecule has 0 amide bonds. The molecule has 1 aliphatic rings. The molecule has 1 heterocycles. The highest BCUT2D eigenvalue weighted by Crippen LogP contribution is 2.22. The van der Waals surface area contributed by atoms with Gasteiger partial charge >= 0.3 is 0 Å². The molecule has 1 fully saturated rings. The van der Waals surface area contributed by atoms with Crippen molar-refractivity contribution in [2.45, 2.75) is 23.8 Å². The molecule has 1 atom stereocenters. The van der Waals surface area contributed by atoms with E-state index < -0.39 is 26.6 Å². The fraction of sp³-hybridized carbons (Fsp3) is 0.455.